The van der Waals surface area contributed by atoms with Gasteiger partial charge in [0.2, 0.25) is 0 Å². The van der Waals surface area contributed by atoms with Gasteiger partial charge in [-0.05, 0) is 25.1 Å². The summed E-state index contributed by atoms with van der Waals surface area (Å²) in [4.78, 5) is 13.7. The van der Waals surface area contributed by atoms with E-state index >= 15 is 0 Å². The minimum absolute atomic E-state index is 0.122. The van der Waals surface area contributed by atoms with E-state index in [0.29, 0.717) is 18.8 Å². The lowest BCUT2D eigenvalue weighted by Crippen LogP contribution is -2.53. The van der Waals surface area contributed by atoms with Crippen LogP contribution in [0.1, 0.15) is 16.2 Å². The van der Waals surface area contributed by atoms with Crippen molar-refractivity contribution in [2.45, 2.75) is 13.0 Å². The third kappa shape index (κ3) is 2.13. The molecule has 5 nitrogen and oxygen atoms in total. The van der Waals surface area contributed by atoms with E-state index in [1.54, 1.807) is 15.6 Å². The molecule has 1 N–H and O–H groups in total. The Labute approximate surface area is 111 Å². The minimum Gasteiger partial charge on any atom is -0.389 e. The molecule has 0 atom stereocenters. The van der Waals surface area contributed by atoms with Crippen molar-refractivity contribution in [2.24, 2.45) is 0 Å². The SMILES string of the molecule is Cc1cc(C(=O)N2CC(O)C2)nn1-c1ccccc1. The minimum atomic E-state index is -0.388. The van der Waals surface area contributed by atoms with Crippen LogP contribution in [-0.2, 0) is 0 Å². The number of hydrogen-bond donors (Lipinski definition) is 1. The van der Waals surface area contributed by atoms with Gasteiger partial charge < -0.3 is 10.0 Å². The summed E-state index contributed by atoms with van der Waals surface area (Å²) < 4.78 is 1.75. The van der Waals surface area contributed by atoms with Crippen LogP contribution < -0.4 is 0 Å². The van der Waals surface area contributed by atoms with Gasteiger partial charge in [-0.25, -0.2) is 4.68 Å². The molecule has 1 fully saturated rings. The van der Waals surface area contributed by atoms with Gasteiger partial charge in [-0.1, -0.05) is 18.2 Å². The second-order valence-electron chi connectivity index (χ2n) is 4.78. The number of likely N-dealkylation sites (tertiary alicyclic amines) is 1. The quantitative estimate of drug-likeness (QED) is 0.873. The van der Waals surface area contributed by atoms with E-state index in [2.05, 4.69) is 5.10 Å². The topological polar surface area (TPSA) is 58.4 Å². The van der Waals surface area contributed by atoms with Gasteiger partial charge in [-0.2, -0.15) is 5.10 Å². The number of benzene rings is 1. The lowest BCUT2D eigenvalue weighted by Gasteiger charge is -2.35. The smallest absolute Gasteiger partial charge is 0.274 e. The fourth-order valence-electron chi connectivity index (χ4n) is 2.19. The Morgan fingerprint density at radius 1 is 1.32 bits per heavy atom. The van der Waals surface area contributed by atoms with E-state index in [9.17, 15) is 9.90 Å². The van der Waals surface area contributed by atoms with Crippen molar-refractivity contribution in [1.82, 2.24) is 14.7 Å². The van der Waals surface area contributed by atoms with Crippen molar-refractivity contribution in [2.75, 3.05) is 13.1 Å². The molecule has 2 aromatic rings. The molecule has 19 heavy (non-hydrogen) atoms. The first-order chi connectivity index (χ1) is 9.15. The van der Waals surface area contributed by atoms with Crippen molar-refractivity contribution in [3.63, 3.8) is 0 Å². The monoisotopic (exact) mass is 257 g/mol. The maximum absolute atomic E-state index is 12.1. The van der Waals surface area contributed by atoms with Crippen molar-refractivity contribution in [3.8, 4) is 5.69 Å². The highest BCUT2D eigenvalue weighted by atomic mass is 16.3. The molecule has 2 heterocycles. The van der Waals surface area contributed by atoms with Crippen LogP contribution in [0.15, 0.2) is 36.4 Å². The molecule has 5 heteroatoms. The van der Waals surface area contributed by atoms with E-state index in [1.807, 2.05) is 37.3 Å². The molecular weight excluding hydrogens is 242 g/mol. The van der Waals surface area contributed by atoms with Crippen molar-refractivity contribution >= 4 is 5.91 Å². The molecule has 0 aliphatic carbocycles. The molecule has 0 saturated carbocycles. The number of aromatic nitrogens is 2. The van der Waals surface area contributed by atoms with Gasteiger partial charge in [0.05, 0.1) is 11.8 Å². The Morgan fingerprint density at radius 3 is 2.63 bits per heavy atom. The van der Waals surface area contributed by atoms with Crippen LogP contribution in [0, 0.1) is 6.92 Å². The maximum Gasteiger partial charge on any atom is 0.274 e. The number of aliphatic hydroxyl groups is 1. The van der Waals surface area contributed by atoms with Crippen LogP contribution in [0.4, 0.5) is 0 Å². The molecule has 0 bridgehead atoms. The molecule has 3 rings (SSSR count). The van der Waals surface area contributed by atoms with Gasteiger partial charge in [0.15, 0.2) is 5.69 Å². The first-order valence-corrected chi connectivity index (χ1v) is 6.24. The second kappa shape index (κ2) is 4.51. The maximum atomic E-state index is 12.1. The van der Waals surface area contributed by atoms with Crippen LogP contribution in [0.3, 0.4) is 0 Å². The van der Waals surface area contributed by atoms with Crippen LogP contribution in [0.2, 0.25) is 0 Å². The summed E-state index contributed by atoms with van der Waals surface area (Å²) in [5.41, 5.74) is 2.27. The molecule has 1 aromatic heterocycles. The fraction of sp³-hybridized carbons (Fsp3) is 0.286. The highest BCUT2D eigenvalue weighted by molar-refractivity contribution is 5.93. The van der Waals surface area contributed by atoms with Gasteiger partial charge in [0.25, 0.3) is 5.91 Å². The Balaban J connectivity index is 1.87. The predicted octanol–water partition coefficient (Wildman–Crippen LogP) is 0.997. The average molecular weight is 257 g/mol. The van der Waals surface area contributed by atoms with Crippen molar-refractivity contribution in [3.05, 3.63) is 47.8 Å². The van der Waals surface area contributed by atoms with Gasteiger partial charge in [0.1, 0.15) is 0 Å². The van der Waals surface area contributed by atoms with Gasteiger partial charge in [-0.3, -0.25) is 4.79 Å². The number of rotatable bonds is 2. The number of carbonyl (C=O) groups excluding carboxylic acids is 1. The summed E-state index contributed by atoms with van der Waals surface area (Å²) in [6.07, 6.45) is -0.388. The summed E-state index contributed by atoms with van der Waals surface area (Å²) in [6.45, 7) is 2.72. The Morgan fingerprint density at radius 2 is 2.00 bits per heavy atom. The molecule has 1 aliphatic rings. The van der Waals surface area contributed by atoms with Crippen LogP contribution in [0.5, 0.6) is 0 Å². The number of amides is 1. The van der Waals surface area contributed by atoms with Gasteiger partial charge >= 0.3 is 0 Å². The molecule has 1 aromatic carbocycles. The van der Waals surface area contributed by atoms with Gasteiger partial charge in [0, 0.05) is 18.8 Å². The lowest BCUT2D eigenvalue weighted by atomic mass is 10.1. The van der Waals surface area contributed by atoms with Gasteiger partial charge in [-0.15, -0.1) is 0 Å². The molecular formula is C14H15N3O2. The van der Waals surface area contributed by atoms with E-state index < -0.39 is 0 Å². The predicted molar refractivity (Wildman–Crippen MR) is 70.2 cm³/mol. The summed E-state index contributed by atoms with van der Waals surface area (Å²) >= 11 is 0. The third-order valence-corrected chi connectivity index (χ3v) is 3.26. The summed E-state index contributed by atoms with van der Waals surface area (Å²) in [7, 11) is 0. The fourth-order valence-corrected chi connectivity index (χ4v) is 2.19. The molecule has 98 valence electrons. The molecule has 0 spiro atoms. The Hall–Kier alpha value is -2.14. The number of aliphatic hydroxyl groups excluding tert-OH is 1. The summed E-state index contributed by atoms with van der Waals surface area (Å²) in [5.74, 6) is -0.122. The number of aryl methyl sites for hydroxylation is 1. The highest BCUT2D eigenvalue weighted by Crippen LogP contribution is 2.16. The Kier molecular flexibility index (Phi) is 2.83. The molecule has 1 saturated heterocycles. The number of nitrogens with zero attached hydrogens (tertiary/aromatic N) is 3. The van der Waals surface area contributed by atoms with E-state index in [1.165, 1.54) is 0 Å². The number of carbonyl (C=O) groups is 1. The third-order valence-electron chi connectivity index (χ3n) is 3.26. The van der Waals surface area contributed by atoms with E-state index in [0.717, 1.165) is 11.4 Å². The Bertz CT molecular complexity index is 600. The van der Waals surface area contributed by atoms with Crippen molar-refractivity contribution in [1.29, 1.82) is 0 Å². The molecule has 0 unspecified atom stereocenters. The first-order valence-electron chi connectivity index (χ1n) is 6.24. The van der Waals surface area contributed by atoms with Crippen LogP contribution in [0.25, 0.3) is 5.69 Å². The first kappa shape index (κ1) is 11.9. The molecule has 0 radical (unpaired) electrons. The summed E-state index contributed by atoms with van der Waals surface area (Å²) in [5, 5.41) is 13.6. The van der Waals surface area contributed by atoms with E-state index in [4.69, 9.17) is 0 Å². The zero-order valence-electron chi connectivity index (χ0n) is 10.7. The molecule has 1 aliphatic heterocycles. The summed E-state index contributed by atoms with van der Waals surface area (Å²) in [6, 6.07) is 11.5. The van der Waals surface area contributed by atoms with Crippen LogP contribution >= 0.6 is 0 Å². The number of hydrogen-bond acceptors (Lipinski definition) is 3. The highest BCUT2D eigenvalue weighted by Gasteiger charge is 2.31. The molecule has 1 amide bonds. The zero-order chi connectivity index (χ0) is 13.4. The zero-order valence-corrected chi connectivity index (χ0v) is 10.7. The second-order valence-corrected chi connectivity index (χ2v) is 4.78. The lowest BCUT2D eigenvalue weighted by molar-refractivity contribution is 0.00547. The normalized spacial score (nSPS) is 15.4. The van der Waals surface area contributed by atoms with E-state index in [-0.39, 0.29) is 12.0 Å². The standard InChI is InChI=1S/C14H15N3O2/c1-10-7-13(14(19)16-8-12(18)9-16)15-17(10)11-5-3-2-4-6-11/h2-7,12,18H,8-9H2,1H3. The largest absolute Gasteiger partial charge is 0.389 e. The van der Waals surface area contributed by atoms with Crippen LogP contribution in [-0.4, -0.2) is 44.9 Å². The van der Waals surface area contributed by atoms with Crippen molar-refractivity contribution < 1.29 is 9.90 Å². The average Bonchev–Trinajstić information content (AvgIpc) is 2.77. The number of para-hydroxylation sites is 1. The number of β-amino-alcohol motifs (C(OH)–C–C–N with tert-alkyl or cyclic N) is 1.